The third kappa shape index (κ3) is 2.27. The zero-order valence-electron chi connectivity index (χ0n) is 10.6. The molecule has 1 heterocycles. The van der Waals surface area contributed by atoms with Crippen LogP contribution in [0.4, 0.5) is 0 Å². The van der Waals surface area contributed by atoms with E-state index in [0.29, 0.717) is 11.8 Å². The molecule has 0 radical (unpaired) electrons. The van der Waals surface area contributed by atoms with E-state index in [9.17, 15) is 4.79 Å². The van der Waals surface area contributed by atoms with Crippen molar-refractivity contribution in [3.63, 3.8) is 0 Å². The van der Waals surface area contributed by atoms with Crippen LogP contribution in [0.25, 0.3) is 0 Å². The van der Waals surface area contributed by atoms with Gasteiger partial charge in [0.05, 0.1) is 0 Å². The van der Waals surface area contributed by atoms with Gasteiger partial charge in [-0.1, -0.05) is 30.3 Å². The first-order valence-corrected chi connectivity index (χ1v) is 6.85. The standard InChI is InChI=1S/C15H20N2O/c16-12-6-8-17(9-7-12)15(18)14-10-13(14)11-4-2-1-3-5-11/h1-5,12-14H,6-10,16H2/t13-,14+/m0/s1. The Morgan fingerprint density at radius 3 is 2.50 bits per heavy atom. The Balaban J connectivity index is 1.59. The summed E-state index contributed by atoms with van der Waals surface area (Å²) in [6.45, 7) is 1.69. The van der Waals surface area contributed by atoms with E-state index in [0.717, 1.165) is 32.4 Å². The van der Waals surface area contributed by atoms with Crippen LogP contribution in [-0.4, -0.2) is 29.9 Å². The highest BCUT2D eigenvalue weighted by Gasteiger charge is 2.45. The largest absolute Gasteiger partial charge is 0.342 e. The molecular weight excluding hydrogens is 224 g/mol. The Kier molecular flexibility index (Phi) is 3.08. The van der Waals surface area contributed by atoms with Crippen LogP contribution in [0.15, 0.2) is 30.3 Å². The summed E-state index contributed by atoms with van der Waals surface area (Å²) in [5, 5.41) is 0. The molecule has 96 valence electrons. The second-order valence-corrected chi connectivity index (χ2v) is 5.52. The van der Waals surface area contributed by atoms with Crippen molar-refractivity contribution in [2.75, 3.05) is 13.1 Å². The summed E-state index contributed by atoms with van der Waals surface area (Å²) in [6, 6.07) is 10.7. The van der Waals surface area contributed by atoms with Crippen molar-refractivity contribution in [3.8, 4) is 0 Å². The number of benzene rings is 1. The molecule has 0 bridgehead atoms. The number of carbonyl (C=O) groups excluding carboxylic acids is 1. The number of rotatable bonds is 2. The number of nitrogens with two attached hydrogens (primary N) is 1. The monoisotopic (exact) mass is 244 g/mol. The van der Waals surface area contributed by atoms with E-state index in [1.807, 2.05) is 11.0 Å². The molecule has 2 fully saturated rings. The van der Waals surface area contributed by atoms with Gasteiger partial charge in [0.2, 0.25) is 5.91 Å². The molecule has 2 aliphatic rings. The molecule has 18 heavy (non-hydrogen) atoms. The van der Waals surface area contributed by atoms with Crippen LogP contribution >= 0.6 is 0 Å². The van der Waals surface area contributed by atoms with Gasteiger partial charge in [-0.2, -0.15) is 0 Å². The van der Waals surface area contributed by atoms with Gasteiger partial charge in [-0.25, -0.2) is 0 Å². The minimum Gasteiger partial charge on any atom is -0.342 e. The Hall–Kier alpha value is -1.35. The molecule has 2 N–H and O–H groups in total. The Bertz CT molecular complexity index is 423. The van der Waals surface area contributed by atoms with Crippen molar-refractivity contribution >= 4 is 5.91 Å². The molecule has 3 heteroatoms. The van der Waals surface area contributed by atoms with E-state index in [-0.39, 0.29) is 12.0 Å². The smallest absolute Gasteiger partial charge is 0.226 e. The molecule has 1 aliphatic heterocycles. The van der Waals surface area contributed by atoms with Gasteiger partial charge < -0.3 is 10.6 Å². The highest BCUT2D eigenvalue weighted by atomic mass is 16.2. The van der Waals surface area contributed by atoms with Crippen molar-refractivity contribution in [1.82, 2.24) is 4.90 Å². The lowest BCUT2D eigenvalue weighted by molar-refractivity contribution is -0.133. The molecule has 2 atom stereocenters. The highest BCUT2D eigenvalue weighted by molar-refractivity contribution is 5.83. The fourth-order valence-electron chi connectivity index (χ4n) is 2.89. The third-order valence-corrected chi connectivity index (χ3v) is 4.19. The fraction of sp³-hybridized carbons (Fsp3) is 0.533. The second kappa shape index (κ2) is 4.73. The second-order valence-electron chi connectivity index (χ2n) is 5.52. The van der Waals surface area contributed by atoms with Crippen LogP contribution in [0.1, 0.15) is 30.7 Å². The van der Waals surface area contributed by atoms with Gasteiger partial charge in [0, 0.05) is 25.0 Å². The molecule has 0 spiro atoms. The van der Waals surface area contributed by atoms with Crippen LogP contribution in [0.3, 0.4) is 0 Å². The van der Waals surface area contributed by atoms with Crippen molar-refractivity contribution in [1.29, 1.82) is 0 Å². The Labute approximate surface area is 108 Å². The maximum atomic E-state index is 12.3. The molecule has 1 aliphatic carbocycles. The quantitative estimate of drug-likeness (QED) is 0.861. The summed E-state index contributed by atoms with van der Waals surface area (Å²) < 4.78 is 0. The number of piperidine rings is 1. The predicted octanol–water partition coefficient (Wildman–Crippen LogP) is 1.74. The number of hydrogen-bond acceptors (Lipinski definition) is 2. The van der Waals surface area contributed by atoms with Gasteiger partial charge in [-0.3, -0.25) is 4.79 Å². The lowest BCUT2D eigenvalue weighted by atomic mass is 10.0. The van der Waals surface area contributed by atoms with Crippen LogP contribution in [0, 0.1) is 5.92 Å². The summed E-state index contributed by atoms with van der Waals surface area (Å²) in [7, 11) is 0. The lowest BCUT2D eigenvalue weighted by Gasteiger charge is -2.30. The van der Waals surface area contributed by atoms with E-state index in [4.69, 9.17) is 5.73 Å². The molecule has 1 saturated heterocycles. The minimum atomic E-state index is 0.224. The van der Waals surface area contributed by atoms with Crippen molar-refractivity contribution in [2.24, 2.45) is 11.7 Å². The molecule has 1 amide bonds. The minimum absolute atomic E-state index is 0.224. The number of hydrogen-bond donors (Lipinski definition) is 1. The number of likely N-dealkylation sites (tertiary alicyclic amines) is 1. The topological polar surface area (TPSA) is 46.3 Å². The normalized spacial score (nSPS) is 28.2. The summed E-state index contributed by atoms with van der Waals surface area (Å²) in [4.78, 5) is 14.3. The molecule has 0 unspecified atom stereocenters. The van der Waals surface area contributed by atoms with E-state index < -0.39 is 0 Å². The SMILES string of the molecule is NC1CCN(C(=O)[C@@H]2C[C@H]2c2ccccc2)CC1. The number of amides is 1. The maximum Gasteiger partial charge on any atom is 0.226 e. The third-order valence-electron chi connectivity index (χ3n) is 4.19. The number of carbonyl (C=O) groups is 1. The molecule has 0 aromatic heterocycles. The van der Waals surface area contributed by atoms with Crippen molar-refractivity contribution < 1.29 is 4.79 Å². The summed E-state index contributed by atoms with van der Waals surface area (Å²) in [5.41, 5.74) is 7.18. The summed E-state index contributed by atoms with van der Waals surface area (Å²) in [5.74, 6) is 1.02. The fourth-order valence-corrected chi connectivity index (χ4v) is 2.89. The van der Waals surface area contributed by atoms with Crippen molar-refractivity contribution in [2.45, 2.75) is 31.2 Å². The molecule has 3 rings (SSSR count). The molecular formula is C15H20N2O. The van der Waals surface area contributed by atoms with E-state index >= 15 is 0 Å². The molecule has 1 saturated carbocycles. The van der Waals surface area contributed by atoms with E-state index in [2.05, 4.69) is 24.3 Å². The Morgan fingerprint density at radius 2 is 1.83 bits per heavy atom. The van der Waals surface area contributed by atoms with E-state index in [1.54, 1.807) is 0 Å². The average Bonchev–Trinajstić information content (AvgIpc) is 3.20. The van der Waals surface area contributed by atoms with Gasteiger partial charge in [0.15, 0.2) is 0 Å². The zero-order valence-corrected chi connectivity index (χ0v) is 10.6. The highest BCUT2D eigenvalue weighted by Crippen LogP contribution is 2.48. The van der Waals surface area contributed by atoms with Crippen LogP contribution in [0.2, 0.25) is 0 Å². The summed E-state index contributed by atoms with van der Waals surface area (Å²) >= 11 is 0. The van der Waals surface area contributed by atoms with Gasteiger partial charge in [0.25, 0.3) is 0 Å². The first-order valence-electron chi connectivity index (χ1n) is 6.85. The lowest BCUT2D eigenvalue weighted by Crippen LogP contribution is -2.43. The van der Waals surface area contributed by atoms with Gasteiger partial charge >= 0.3 is 0 Å². The number of nitrogens with zero attached hydrogens (tertiary/aromatic N) is 1. The van der Waals surface area contributed by atoms with Gasteiger partial charge in [0.1, 0.15) is 0 Å². The van der Waals surface area contributed by atoms with Crippen LogP contribution in [0.5, 0.6) is 0 Å². The molecule has 1 aromatic rings. The average molecular weight is 244 g/mol. The molecule has 1 aromatic carbocycles. The Morgan fingerprint density at radius 1 is 1.17 bits per heavy atom. The zero-order chi connectivity index (χ0) is 12.5. The van der Waals surface area contributed by atoms with Crippen LogP contribution < -0.4 is 5.73 Å². The van der Waals surface area contributed by atoms with E-state index in [1.165, 1.54) is 5.56 Å². The van der Waals surface area contributed by atoms with Crippen LogP contribution in [-0.2, 0) is 4.79 Å². The van der Waals surface area contributed by atoms with Gasteiger partial charge in [-0.15, -0.1) is 0 Å². The van der Waals surface area contributed by atoms with Gasteiger partial charge in [-0.05, 0) is 30.7 Å². The predicted molar refractivity (Wildman–Crippen MR) is 71.1 cm³/mol. The first-order chi connectivity index (χ1) is 8.75. The molecule has 3 nitrogen and oxygen atoms in total. The van der Waals surface area contributed by atoms with Crippen molar-refractivity contribution in [3.05, 3.63) is 35.9 Å². The summed E-state index contributed by atoms with van der Waals surface area (Å²) in [6.07, 6.45) is 2.92. The first kappa shape index (κ1) is 11.7. The maximum absolute atomic E-state index is 12.3.